The highest BCUT2D eigenvalue weighted by Gasteiger charge is 2.40. The molecule has 0 aromatic heterocycles. The highest BCUT2D eigenvalue weighted by molar-refractivity contribution is 5.95. The number of carbonyl (C=O) groups is 3. The van der Waals surface area contributed by atoms with E-state index in [-0.39, 0.29) is 80.7 Å². The molecule has 3 aliphatic heterocycles. The van der Waals surface area contributed by atoms with Crippen LogP contribution in [0, 0.1) is 51.4 Å². The van der Waals surface area contributed by atoms with Crippen LogP contribution < -0.4 is 0 Å². The van der Waals surface area contributed by atoms with Gasteiger partial charge < -0.3 is 44.2 Å². The van der Waals surface area contributed by atoms with Crippen LogP contribution in [-0.4, -0.2) is 107 Å². The molecule has 0 aromatic carbocycles. The van der Waals surface area contributed by atoms with Gasteiger partial charge in [-0.15, -0.1) is 0 Å². The molecular formula is C49H64N6O9. The van der Waals surface area contributed by atoms with Crippen molar-refractivity contribution >= 4 is 17.9 Å². The summed E-state index contributed by atoms with van der Waals surface area (Å²) in [5.41, 5.74) is 0.279. The number of aliphatic hydroxyl groups is 3. The Morgan fingerprint density at radius 2 is 0.859 bits per heavy atom. The van der Waals surface area contributed by atoms with Crippen molar-refractivity contribution in [3.05, 3.63) is 79.3 Å². The monoisotopic (exact) mass is 880 g/mol. The lowest BCUT2D eigenvalue weighted by atomic mass is 9.75. The van der Waals surface area contributed by atoms with Gasteiger partial charge in [0.1, 0.15) is 53.8 Å². The first-order valence-electron chi connectivity index (χ1n) is 22.7. The Balaban J connectivity index is 1.28. The first-order valence-corrected chi connectivity index (χ1v) is 22.7. The van der Waals surface area contributed by atoms with Gasteiger partial charge in [-0.05, 0) is 93.3 Å². The lowest BCUT2D eigenvalue weighted by Crippen LogP contribution is -2.32. The van der Waals surface area contributed by atoms with Crippen molar-refractivity contribution < 1.29 is 43.9 Å². The molecule has 0 bridgehead atoms. The normalized spacial score (nSPS) is 24.3. The van der Waals surface area contributed by atoms with Gasteiger partial charge >= 0.3 is 17.9 Å². The van der Waals surface area contributed by atoms with Gasteiger partial charge in [0.25, 0.3) is 5.70 Å². The summed E-state index contributed by atoms with van der Waals surface area (Å²) in [4.78, 5) is 51.2. The van der Waals surface area contributed by atoms with Crippen LogP contribution in [0.25, 0.3) is 4.85 Å². The fraction of sp³-hybridized carbons (Fsp3) is 0.633. The van der Waals surface area contributed by atoms with Crippen molar-refractivity contribution in [3.8, 4) is 12.1 Å². The minimum absolute atomic E-state index is 0.107. The number of hydrogen-bond acceptors (Lipinski definition) is 14. The quantitative estimate of drug-likeness (QED) is 0.0558. The van der Waals surface area contributed by atoms with Crippen molar-refractivity contribution in [2.24, 2.45) is 22.2 Å². The minimum atomic E-state index is -1.06. The van der Waals surface area contributed by atoms with E-state index in [0.29, 0.717) is 36.4 Å². The molecule has 3 saturated heterocycles. The van der Waals surface area contributed by atoms with Crippen LogP contribution in [0.5, 0.6) is 0 Å². The molecule has 0 saturated carbocycles. The second-order valence-corrected chi connectivity index (χ2v) is 20.6. The fourth-order valence-electron chi connectivity index (χ4n) is 10.0. The van der Waals surface area contributed by atoms with E-state index < -0.39 is 49.3 Å². The molecule has 0 unspecified atom stereocenters. The number of carbonyl (C=O) groups excluding carboxylic acids is 3. The van der Waals surface area contributed by atoms with Crippen molar-refractivity contribution in [2.45, 2.75) is 119 Å². The zero-order valence-corrected chi connectivity index (χ0v) is 38.4. The zero-order valence-electron chi connectivity index (χ0n) is 38.4. The molecule has 0 spiro atoms. The number of esters is 3. The SMILES string of the molecule is [C-]#[N+]/C(C(=O)OCC(COC(=O)/C(C#N)=C1\CC(C)(C)CC(N2CCCC2)=C1O)COC(=O)/C(C#N)=C1\CC(C)(C)CC(N2CCCC2)=C1O)=C1/CC(C)(C)CC(N2CCCC2)=C1O. The summed E-state index contributed by atoms with van der Waals surface area (Å²) in [7, 11) is 0. The summed E-state index contributed by atoms with van der Waals surface area (Å²) in [5, 5.41) is 55.0. The molecule has 3 fully saturated rings. The molecular weight excluding hydrogens is 817 g/mol. The highest BCUT2D eigenvalue weighted by atomic mass is 16.6. The molecule has 6 aliphatic rings. The Morgan fingerprint density at radius 3 is 1.17 bits per heavy atom. The molecule has 64 heavy (non-hydrogen) atoms. The van der Waals surface area contributed by atoms with E-state index in [1.54, 1.807) is 0 Å². The number of ether oxygens (including phenoxy) is 3. The van der Waals surface area contributed by atoms with E-state index in [9.17, 15) is 40.2 Å². The van der Waals surface area contributed by atoms with Crippen LogP contribution in [0.1, 0.15) is 119 Å². The van der Waals surface area contributed by atoms with Gasteiger partial charge in [-0.3, -0.25) is 4.79 Å². The molecule has 3 N–H and O–H groups in total. The summed E-state index contributed by atoms with van der Waals surface area (Å²) >= 11 is 0. The van der Waals surface area contributed by atoms with Crippen LogP contribution in [0.15, 0.2) is 67.9 Å². The number of nitrogens with zero attached hydrogens (tertiary/aromatic N) is 6. The zero-order chi connectivity index (χ0) is 46.6. The topological polar surface area (TPSA) is 201 Å². The smallest absolute Gasteiger partial charge is 0.349 e. The minimum Gasteiger partial charge on any atom is -0.507 e. The van der Waals surface area contributed by atoms with Crippen LogP contribution in [0.4, 0.5) is 0 Å². The van der Waals surface area contributed by atoms with Crippen molar-refractivity contribution in [1.82, 2.24) is 14.7 Å². The number of allylic oxidation sites excluding steroid dienone is 6. The van der Waals surface area contributed by atoms with E-state index >= 15 is 0 Å². The second kappa shape index (κ2) is 19.5. The fourth-order valence-corrected chi connectivity index (χ4v) is 10.0. The number of hydrogen-bond donors (Lipinski definition) is 3. The van der Waals surface area contributed by atoms with Crippen molar-refractivity contribution in [3.63, 3.8) is 0 Å². The van der Waals surface area contributed by atoms with Gasteiger partial charge in [-0.25, -0.2) is 14.4 Å². The lowest BCUT2D eigenvalue weighted by molar-refractivity contribution is -0.148. The van der Waals surface area contributed by atoms with Crippen LogP contribution in [0.3, 0.4) is 0 Å². The maximum absolute atomic E-state index is 13.8. The Kier molecular flexibility index (Phi) is 14.5. The standard InChI is InChI=1S/C49H64N6O9/c1-47(2)20-32(41(56)37(23-47)53-14-8-9-15-53)35(26-50)44(59)62-28-31(29-63-45(60)36(27-51)33-21-48(3,4)24-38(42(33)57)54-16-10-11-17-54)30-64-46(61)40(52-7)34-22-49(5,6)25-39(43(34)58)55-18-12-13-19-55/h31,56-58H,8-25,28-30H2,1-6H3/b35-32+,36-33+,40-34-. The first-order chi connectivity index (χ1) is 30.3. The van der Waals surface area contributed by atoms with E-state index in [0.717, 1.165) is 77.8 Å². The van der Waals surface area contributed by atoms with Crippen LogP contribution in [0.2, 0.25) is 0 Å². The Bertz CT molecular complexity index is 1970. The third-order valence-electron chi connectivity index (χ3n) is 13.2. The summed E-state index contributed by atoms with van der Waals surface area (Å²) in [5.74, 6) is -4.48. The molecule has 0 aromatic rings. The largest absolute Gasteiger partial charge is 0.507 e. The van der Waals surface area contributed by atoms with Gasteiger partial charge in [0.05, 0.1) is 36.2 Å². The molecule has 6 rings (SSSR count). The van der Waals surface area contributed by atoms with Crippen molar-refractivity contribution in [1.29, 1.82) is 10.5 Å². The number of rotatable bonds is 12. The molecule has 3 aliphatic carbocycles. The van der Waals surface area contributed by atoms with E-state index in [1.807, 2.05) is 53.7 Å². The molecule has 0 radical (unpaired) electrons. The molecule has 15 nitrogen and oxygen atoms in total. The van der Waals surface area contributed by atoms with Gasteiger partial charge in [-0.2, -0.15) is 10.5 Å². The Morgan fingerprint density at radius 1 is 0.562 bits per heavy atom. The highest BCUT2D eigenvalue weighted by Crippen LogP contribution is 2.47. The average molecular weight is 881 g/mol. The van der Waals surface area contributed by atoms with Crippen LogP contribution >= 0.6 is 0 Å². The van der Waals surface area contributed by atoms with Gasteiger partial charge in [0.15, 0.2) is 0 Å². The van der Waals surface area contributed by atoms with Gasteiger partial charge in [-0.1, -0.05) is 41.5 Å². The van der Waals surface area contributed by atoms with Crippen molar-refractivity contribution in [2.75, 3.05) is 59.1 Å². The predicted molar refractivity (Wildman–Crippen MR) is 236 cm³/mol. The first kappa shape index (κ1) is 47.6. The second-order valence-electron chi connectivity index (χ2n) is 20.6. The lowest BCUT2D eigenvalue weighted by Gasteiger charge is -2.37. The summed E-state index contributed by atoms with van der Waals surface area (Å²) in [6, 6.07) is 3.88. The van der Waals surface area contributed by atoms with E-state index in [1.165, 1.54) is 0 Å². The number of nitriles is 2. The maximum Gasteiger partial charge on any atom is 0.349 e. The molecule has 344 valence electrons. The number of likely N-dealkylation sites (tertiary alicyclic amines) is 3. The third-order valence-corrected chi connectivity index (χ3v) is 13.2. The molecule has 15 heteroatoms. The molecule has 3 heterocycles. The average Bonchev–Trinajstić information content (AvgIpc) is 4.07. The summed E-state index contributed by atoms with van der Waals surface area (Å²) in [6.07, 6.45) is 8.21. The third kappa shape index (κ3) is 10.7. The molecule has 0 amide bonds. The van der Waals surface area contributed by atoms with Crippen LogP contribution in [-0.2, 0) is 28.6 Å². The molecule has 0 atom stereocenters. The predicted octanol–water partition coefficient (Wildman–Crippen LogP) is 8.10. The Labute approximate surface area is 377 Å². The Hall–Kier alpha value is -5.88. The van der Waals surface area contributed by atoms with Gasteiger partial charge in [0.2, 0.25) is 0 Å². The summed E-state index contributed by atoms with van der Waals surface area (Å²) < 4.78 is 17.1. The summed E-state index contributed by atoms with van der Waals surface area (Å²) in [6.45, 7) is 23.0. The van der Waals surface area contributed by atoms with E-state index in [4.69, 9.17) is 20.8 Å². The van der Waals surface area contributed by atoms with E-state index in [2.05, 4.69) is 19.5 Å². The number of aliphatic hydroxyl groups excluding tert-OH is 3. The van der Waals surface area contributed by atoms with Gasteiger partial charge in [0, 0.05) is 56.0 Å². The maximum atomic E-state index is 13.8.